The second kappa shape index (κ2) is 8.68. The molecule has 0 bridgehead atoms. The molecule has 0 aliphatic heterocycles. The molecule has 6 nitrogen and oxygen atoms in total. The molecule has 0 radical (unpaired) electrons. The minimum Gasteiger partial charge on any atom is -0.481 e. The van der Waals surface area contributed by atoms with E-state index in [1.165, 1.54) is 19.4 Å². The van der Waals surface area contributed by atoms with Crippen LogP contribution in [0.1, 0.15) is 110 Å². The summed E-state index contributed by atoms with van der Waals surface area (Å²) < 4.78 is 11.2. The molecule has 6 heteroatoms. The van der Waals surface area contributed by atoms with E-state index in [1.54, 1.807) is 0 Å². The first kappa shape index (κ1) is 27.9. The molecule has 4 aliphatic rings. The van der Waals surface area contributed by atoms with Crippen LogP contribution in [0.3, 0.4) is 0 Å². The lowest BCUT2D eigenvalue weighted by Gasteiger charge is -2.69. The highest BCUT2D eigenvalue weighted by Gasteiger charge is 2.67. The molecule has 0 amide bonds. The third-order valence-corrected chi connectivity index (χ3v) is 12.0. The number of fused-ring (bicyclic) bond motifs is 7. The van der Waals surface area contributed by atoms with Crippen molar-refractivity contribution in [1.29, 1.82) is 0 Å². The Morgan fingerprint density at radius 3 is 2.15 bits per heavy atom. The molecule has 0 heterocycles. The van der Waals surface area contributed by atoms with E-state index in [4.69, 9.17) is 9.47 Å². The zero-order valence-electron chi connectivity index (χ0n) is 24.9. The molecule has 1 aromatic carbocycles. The first-order chi connectivity index (χ1) is 18.0. The predicted octanol–water partition coefficient (Wildman–Crippen LogP) is 7.08. The maximum absolute atomic E-state index is 12.4. The lowest BCUT2D eigenvalue weighted by molar-refractivity contribution is -0.177. The summed E-state index contributed by atoms with van der Waals surface area (Å²) in [6.45, 7) is 16.2. The number of esters is 2. The minimum absolute atomic E-state index is 0.0224. The summed E-state index contributed by atoms with van der Waals surface area (Å²) >= 11 is 0. The number of carbonyl (C=O) groups is 3. The van der Waals surface area contributed by atoms with Crippen molar-refractivity contribution in [2.75, 3.05) is 0 Å². The summed E-state index contributed by atoms with van der Waals surface area (Å²) in [4.78, 5) is 36.3. The van der Waals surface area contributed by atoms with Crippen molar-refractivity contribution >= 4 is 17.9 Å². The number of rotatable bonds is 3. The number of carboxylic acids is 1. The van der Waals surface area contributed by atoms with Gasteiger partial charge in [0.2, 0.25) is 0 Å². The average molecular weight is 537 g/mol. The Kier molecular flexibility index (Phi) is 6.22. The third kappa shape index (κ3) is 3.83. The van der Waals surface area contributed by atoms with Gasteiger partial charge in [0, 0.05) is 19.3 Å². The molecule has 5 rings (SSSR count). The summed E-state index contributed by atoms with van der Waals surface area (Å²) in [5.74, 6) is -0.605. The summed E-state index contributed by atoms with van der Waals surface area (Å²) in [5, 5.41) is 10.2. The Morgan fingerprint density at radius 1 is 0.897 bits per heavy atom. The third-order valence-electron chi connectivity index (χ3n) is 12.0. The van der Waals surface area contributed by atoms with Crippen molar-refractivity contribution in [3.63, 3.8) is 0 Å². The summed E-state index contributed by atoms with van der Waals surface area (Å²) in [5.41, 5.74) is 3.69. The molecular weight excluding hydrogens is 492 g/mol. The number of carbonyl (C=O) groups excluding carboxylic acids is 2. The Bertz CT molecular complexity index is 1310. The van der Waals surface area contributed by atoms with Gasteiger partial charge in [-0.05, 0) is 110 Å². The summed E-state index contributed by atoms with van der Waals surface area (Å²) in [6, 6.07) is 1.94. The number of hydrogen-bond donors (Lipinski definition) is 1. The van der Waals surface area contributed by atoms with E-state index in [-0.39, 0.29) is 21.7 Å². The quantitative estimate of drug-likeness (QED) is 0.252. The van der Waals surface area contributed by atoms with Crippen molar-refractivity contribution in [3.8, 4) is 11.5 Å². The van der Waals surface area contributed by atoms with Crippen LogP contribution in [0.5, 0.6) is 11.5 Å². The molecule has 4 aliphatic carbocycles. The topological polar surface area (TPSA) is 89.9 Å². The van der Waals surface area contributed by atoms with Gasteiger partial charge in [0.25, 0.3) is 0 Å². The van der Waals surface area contributed by atoms with Crippen molar-refractivity contribution in [2.24, 2.45) is 27.6 Å². The molecule has 0 spiro atoms. The fraction of sp³-hybridized carbons (Fsp3) is 0.667. The summed E-state index contributed by atoms with van der Waals surface area (Å²) in [7, 11) is 0. The Hall–Kier alpha value is -2.63. The van der Waals surface area contributed by atoms with E-state index in [1.807, 2.05) is 19.9 Å². The smallest absolute Gasteiger partial charge is 0.309 e. The molecule has 39 heavy (non-hydrogen) atoms. The van der Waals surface area contributed by atoms with Crippen LogP contribution in [0.15, 0.2) is 17.7 Å². The van der Waals surface area contributed by atoms with Crippen LogP contribution in [0.4, 0.5) is 0 Å². The second-order valence-corrected chi connectivity index (χ2v) is 14.2. The zero-order valence-corrected chi connectivity index (χ0v) is 24.9. The van der Waals surface area contributed by atoms with Gasteiger partial charge in [-0.2, -0.15) is 0 Å². The molecule has 1 aromatic rings. The maximum atomic E-state index is 12.4. The van der Waals surface area contributed by atoms with Gasteiger partial charge in [-0.1, -0.05) is 39.3 Å². The van der Waals surface area contributed by atoms with Crippen LogP contribution in [0.25, 0.3) is 0 Å². The number of aliphatic carboxylic acids is 1. The van der Waals surface area contributed by atoms with Gasteiger partial charge in [0.1, 0.15) is 0 Å². The molecule has 1 N–H and O–H groups in total. The highest BCUT2D eigenvalue weighted by molar-refractivity contribution is 5.76. The monoisotopic (exact) mass is 536 g/mol. The van der Waals surface area contributed by atoms with Crippen LogP contribution >= 0.6 is 0 Å². The Morgan fingerprint density at radius 2 is 1.54 bits per heavy atom. The highest BCUT2D eigenvalue weighted by Crippen LogP contribution is 2.74. The van der Waals surface area contributed by atoms with Gasteiger partial charge in [-0.15, -0.1) is 0 Å². The first-order valence-electron chi connectivity index (χ1n) is 14.5. The predicted molar refractivity (Wildman–Crippen MR) is 149 cm³/mol. The lowest BCUT2D eigenvalue weighted by Crippen LogP contribution is -2.62. The van der Waals surface area contributed by atoms with Crippen molar-refractivity contribution in [1.82, 2.24) is 0 Å². The van der Waals surface area contributed by atoms with E-state index < -0.39 is 23.3 Å². The number of ether oxygens (including phenoxy) is 2. The van der Waals surface area contributed by atoms with Gasteiger partial charge >= 0.3 is 17.9 Å². The van der Waals surface area contributed by atoms with Gasteiger partial charge in [0.05, 0.1) is 5.41 Å². The molecule has 0 aromatic heterocycles. The van der Waals surface area contributed by atoms with E-state index >= 15 is 0 Å². The molecule has 3 fully saturated rings. The van der Waals surface area contributed by atoms with Crippen molar-refractivity contribution in [2.45, 2.75) is 112 Å². The first-order valence-corrected chi connectivity index (χ1v) is 14.5. The van der Waals surface area contributed by atoms with E-state index in [9.17, 15) is 19.5 Å². The molecule has 0 saturated heterocycles. The number of carboxylic acid groups (broad SMARTS) is 1. The average Bonchev–Trinajstić information content (AvgIpc) is 2.84. The number of hydrogen-bond acceptors (Lipinski definition) is 5. The Balaban J connectivity index is 1.63. The largest absolute Gasteiger partial charge is 0.481 e. The van der Waals surface area contributed by atoms with Crippen LogP contribution in [0, 0.1) is 34.5 Å². The van der Waals surface area contributed by atoms with E-state index in [0.29, 0.717) is 17.4 Å². The second-order valence-electron chi connectivity index (χ2n) is 14.2. The van der Waals surface area contributed by atoms with Gasteiger partial charge in [-0.25, -0.2) is 0 Å². The maximum Gasteiger partial charge on any atom is 0.309 e. The van der Waals surface area contributed by atoms with Crippen LogP contribution in [-0.2, 0) is 26.2 Å². The van der Waals surface area contributed by atoms with E-state index in [2.05, 4.69) is 33.8 Å². The standard InChI is InChI=1S/C33H44O6/c1-19-22-9-10-25-31(6,23(22)17-24(38-20(2)34)27(19)39-21(3)35)14-16-33(8)26-18-30(5,28(36)37)12-11-29(26,4)13-15-32(25,33)7/h10,17,26H,9,11-16,18H2,1-8H3,(H,36,37)/t26?,29-,30+,31-,32-,33-/m0/s1. The highest BCUT2D eigenvalue weighted by atomic mass is 16.6. The van der Waals surface area contributed by atoms with Crippen molar-refractivity contribution in [3.05, 3.63) is 34.4 Å². The number of benzene rings is 1. The van der Waals surface area contributed by atoms with Gasteiger partial charge in [-0.3, -0.25) is 14.4 Å². The molecule has 212 valence electrons. The normalized spacial score (nSPS) is 38.8. The zero-order chi connectivity index (χ0) is 28.8. The minimum atomic E-state index is -0.678. The fourth-order valence-corrected chi connectivity index (χ4v) is 9.37. The van der Waals surface area contributed by atoms with Crippen LogP contribution in [0.2, 0.25) is 0 Å². The molecule has 3 saturated carbocycles. The van der Waals surface area contributed by atoms with Crippen molar-refractivity contribution < 1.29 is 29.0 Å². The van der Waals surface area contributed by atoms with Crippen LogP contribution < -0.4 is 9.47 Å². The lowest BCUT2D eigenvalue weighted by atomic mass is 9.34. The van der Waals surface area contributed by atoms with E-state index in [0.717, 1.165) is 68.1 Å². The fourth-order valence-electron chi connectivity index (χ4n) is 9.37. The number of allylic oxidation sites excluding steroid dienone is 2. The molecule has 6 atom stereocenters. The van der Waals surface area contributed by atoms with Gasteiger partial charge in [0.15, 0.2) is 11.5 Å². The summed E-state index contributed by atoms with van der Waals surface area (Å²) in [6.07, 6.45) is 9.70. The molecule has 1 unspecified atom stereocenters. The SMILES string of the molecule is CC(=O)Oc1cc2c(c(C)c1OC(C)=O)CC=C1[C@]3(C)CC[C@]4(C)CC[C@@](C)(C(=O)O)CC4[C@]3(C)CC[C@]12C. The Labute approximate surface area is 232 Å². The van der Waals surface area contributed by atoms with Crippen LogP contribution in [-0.4, -0.2) is 23.0 Å². The molecular formula is C33H44O6. The van der Waals surface area contributed by atoms with Gasteiger partial charge < -0.3 is 14.6 Å².